The molecule has 0 aromatic rings. The van der Waals surface area contributed by atoms with Gasteiger partial charge < -0.3 is 10.5 Å². The van der Waals surface area contributed by atoms with Crippen molar-refractivity contribution >= 4 is 12.2 Å². The smallest absolute Gasteiger partial charge is 0.337 e. The van der Waals surface area contributed by atoms with Gasteiger partial charge in [0.15, 0.2) is 0 Å². The predicted molar refractivity (Wildman–Crippen MR) is 41.8 cm³/mol. The number of carboxylic acids is 1. The Morgan fingerprint density at radius 1 is 1.64 bits per heavy atom. The number of allylic oxidation sites excluding steroid dienone is 1. The van der Waals surface area contributed by atoms with Crippen molar-refractivity contribution in [3.63, 3.8) is 0 Å². The van der Waals surface area contributed by atoms with Crippen LogP contribution >= 0.6 is 0 Å². The Bertz CT molecular complexity index is 226. The van der Waals surface area contributed by atoms with Crippen molar-refractivity contribution < 1.29 is 9.90 Å². The van der Waals surface area contributed by atoms with Gasteiger partial charge in [0.1, 0.15) is 0 Å². The van der Waals surface area contributed by atoms with Gasteiger partial charge in [-0.15, -0.1) is 0 Å². The van der Waals surface area contributed by atoms with Gasteiger partial charge in [-0.1, -0.05) is 5.57 Å². The average Bonchev–Trinajstić information content (AvgIpc) is 2.68. The fraction of sp³-hybridized carbons (Fsp3) is 0.500. The summed E-state index contributed by atoms with van der Waals surface area (Å²) in [4.78, 5) is 10.5. The number of aliphatic carboxylic acids is 1. The summed E-state index contributed by atoms with van der Waals surface area (Å²) in [5.74, 6) is -0.549. The molecule has 0 unspecified atom stereocenters. The maximum Gasteiger partial charge on any atom is 0.337 e. The quantitative estimate of drug-likeness (QED) is 0.476. The Kier molecular flexibility index (Phi) is 2.08. The van der Waals surface area contributed by atoms with Gasteiger partial charge in [-0.25, -0.2) is 4.79 Å². The normalized spacial score (nSPS) is 19.0. The van der Waals surface area contributed by atoms with Crippen molar-refractivity contribution in [1.82, 2.24) is 0 Å². The summed E-state index contributed by atoms with van der Waals surface area (Å²) < 4.78 is 0. The topological polar surface area (TPSA) is 61.2 Å². The van der Waals surface area contributed by atoms with Gasteiger partial charge in [-0.2, -0.15) is 0 Å². The minimum atomic E-state index is -0.982. The van der Waals surface area contributed by atoms with Gasteiger partial charge in [0, 0.05) is 6.21 Å². The summed E-state index contributed by atoms with van der Waals surface area (Å²) in [6.45, 7) is 1.80. The molecule has 60 valence electrons. The number of carboxylic acid groups (broad SMARTS) is 1. The highest BCUT2D eigenvalue weighted by atomic mass is 16.4. The molecule has 0 amide bonds. The molecule has 0 saturated heterocycles. The van der Waals surface area contributed by atoms with Gasteiger partial charge in [-0.05, 0) is 25.7 Å². The van der Waals surface area contributed by atoms with Crippen molar-refractivity contribution in [2.24, 2.45) is 5.92 Å². The van der Waals surface area contributed by atoms with E-state index >= 15 is 0 Å². The number of rotatable bonds is 3. The van der Waals surface area contributed by atoms with Gasteiger partial charge in [0.05, 0.1) is 5.57 Å². The summed E-state index contributed by atoms with van der Waals surface area (Å²) in [7, 11) is 0. The molecule has 0 radical (unpaired) electrons. The molecule has 11 heavy (non-hydrogen) atoms. The highest BCUT2D eigenvalue weighted by molar-refractivity contribution is 6.08. The Morgan fingerprint density at radius 2 is 2.18 bits per heavy atom. The molecule has 3 nitrogen and oxygen atoms in total. The molecular formula is C8H11NO2. The molecule has 0 atom stereocenters. The molecule has 2 N–H and O–H groups in total. The highest BCUT2D eigenvalue weighted by Gasteiger charge is 2.26. The average molecular weight is 153 g/mol. The van der Waals surface area contributed by atoms with Crippen molar-refractivity contribution in [2.45, 2.75) is 19.8 Å². The van der Waals surface area contributed by atoms with E-state index in [0.29, 0.717) is 5.92 Å². The molecule has 1 rings (SSSR count). The molecule has 0 aromatic heterocycles. The van der Waals surface area contributed by atoms with Crippen LogP contribution < -0.4 is 0 Å². The Morgan fingerprint density at radius 3 is 2.45 bits per heavy atom. The zero-order valence-corrected chi connectivity index (χ0v) is 6.42. The van der Waals surface area contributed by atoms with E-state index < -0.39 is 5.97 Å². The van der Waals surface area contributed by atoms with Gasteiger partial charge in [0.2, 0.25) is 0 Å². The van der Waals surface area contributed by atoms with Crippen LogP contribution in [-0.4, -0.2) is 17.3 Å². The molecule has 0 heterocycles. The lowest BCUT2D eigenvalue weighted by Crippen LogP contribution is -2.05. The highest BCUT2D eigenvalue weighted by Crippen LogP contribution is 2.37. The van der Waals surface area contributed by atoms with Crippen molar-refractivity contribution in [2.75, 3.05) is 0 Å². The molecule has 3 heteroatoms. The van der Waals surface area contributed by atoms with Crippen LogP contribution in [0.25, 0.3) is 0 Å². The number of hydrogen-bond acceptors (Lipinski definition) is 2. The van der Waals surface area contributed by atoms with Crippen LogP contribution in [0.2, 0.25) is 0 Å². The minimum absolute atomic E-state index is 0.160. The SMILES string of the molecule is C/C(=C(\C=N)C(=O)O)C1CC1. The second kappa shape index (κ2) is 2.86. The molecule has 0 spiro atoms. The van der Waals surface area contributed by atoms with E-state index in [-0.39, 0.29) is 5.57 Å². The third kappa shape index (κ3) is 1.67. The third-order valence-corrected chi connectivity index (χ3v) is 1.99. The van der Waals surface area contributed by atoms with Gasteiger partial charge >= 0.3 is 5.97 Å². The van der Waals surface area contributed by atoms with Crippen LogP contribution in [0.15, 0.2) is 11.1 Å². The standard InChI is InChI=1S/C8H11NO2/c1-5(6-2-3-6)7(4-9)8(10)11/h4,6,9H,2-3H2,1H3,(H,10,11)/b7-5-,9-4?. The summed E-state index contributed by atoms with van der Waals surface area (Å²) in [6.07, 6.45) is 3.09. The predicted octanol–water partition coefficient (Wildman–Crippen LogP) is 1.45. The lowest BCUT2D eigenvalue weighted by atomic mass is 10.1. The fourth-order valence-electron chi connectivity index (χ4n) is 1.08. The summed E-state index contributed by atoms with van der Waals surface area (Å²) in [5, 5.41) is 15.5. The van der Waals surface area contributed by atoms with Crippen LogP contribution in [0.1, 0.15) is 19.8 Å². The minimum Gasteiger partial charge on any atom is -0.478 e. The summed E-state index contributed by atoms with van der Waals surface area (Å²) in [6, 6.07) is 0. The van der Waals surface area contributed by atoms with E-state index in [2.05, 4.69) is 0 Å². The second-order valence-corrected chi connectivity index (χ2v) is 2.82. The maximum atomic E-state index is 10.5. The molecule has 0 aliphatic heterocycles. The van der Waals surface area contributed by atoms with E-state index in [1.807, 2.05) is 0 Å². The van der Waals surface area contributed by atoms with Crippen LogP contribution in [0.5, 0.6) is 0 Å². The Labute approximate surface area is 65.2 Å². The fourth-order valence-corrected chi connectivity index (χ4v) is 1.08. The Hall–Kier alpha value is -1.12. The zero-order valence-electron chi connectivity index (χ0n) is 6.42. The summed E-state index contributed by atoms with van der Waals surface area (Å²) in [5.41, 5.74) is 1.01. The van der Waals surface area contributed by atoms with E-state index in [4.69, 9.17) is 10.5 Å². The van der Waals surface area contributed by atoms with Gasteiger partial charge in [-0.3, -0.25) is 0 Å². The van der Waals surface area contributed by atoms with Crippen LogP contribution in [0, 0.1) is 11.3 Å². The first kappa shape index (κ1) is 7.98. The first-order chi connectivity index (χ1) is 5.16. The lowest BCUT2D eigenvalue weighted by molar-refractivity contribution is -0.132. The second-order valence-electron chi connectivity index (χ2n) is 2.82. The Balaban J connectivity index is 2.85. The molecule has 1 aliphatic rings. The van der Waals surface area contributed by atoms with E-state index in [1.165, 1.54) is 0 Å². The van der Waals surface area contributed by atoms with E-state index in [1.54, 1.807) is 6.92 Å². The van der Waals surface area contributed by atoms with E-state index in [9.17, 15) is 4.79 Å². The van der Waals surface area contributed by atoms with E-state index in [0.717, 1.165) is 24.6 Å². The van der Waals surface area contributed by atoms with Crippen molar-refractivity contribution in [3.05, 3.63) is 11.1 Å². The number of nitrogens with one attached hydrogen (secondary N) is 1. The molecule has 1 fully saturated rings. The monoisotopic (exact) mass is 153 g/mol. The maximum absolute atomic E-state index is 10.5. The molecular weight excluding hydrogens is 142 g/mol. The first-order valence-electron chi connectivity index (χ1n) is 3.61. The van der Waals surface area contributed by atoms with Crippen molar-refractivity contribution in [1.29, 1.82) is 5.41 Å². The largest absolute Gasteiger partial charge is 0.478 e. The molecule has 0 bridgehead atoms. The molecule has 1 aliphatic carbocycles. The lowest BCUT2D eigenvalue weighted by Gasteiger charge is -1.99. The van der Waals surface area contributed by atoms with Gasteiger partial charge in [0.25, 0.3) is 0 Å². The van der Waals surface area contributed by atoms with Crippen LogP contribution in [-0.2, 0) is 4.79 Å². The first-order valence-corrected chi connectivity index (χ1v) is 3.61. The molecule has 0 aromatic carbocycles. The number of hydrogen-bond donors (Lipinski definition) is 2. The number of carbonyl (C=O) groups is 1. The van der Waals surface area contributed by atoms with Crippen molar-refractivity contribution in [3.8, 4) is 0 Å². The van der Waals surface area contributed by atoms with Crippen LogP contribution in [0.4, 0.5) is 0 Å². The third-order valence-electron chi connectivity index (χ3n) is 1.99. The zero-order chi connectivity index (χ0) is 8.43. The van der Waals surface area contributed by atoms with Crippen LogP contribution in [0.3, 0.4) is 0 Å². The summed E-state index contributed by atoms with van der Waals surface area (Å²) >= 11 is 0. The molecule has 1 saturated carbocycles.